The van der Waals surface area contributed by atoms with Crippen LogP contribution in [0.2, 0.25) is 0 Å². The first-order valence-electron chi connectivity index (χ1n) is 11.6. The molecule has 8 heteroatoms. The van der Waals surface area contributed by atoms with E-state index in [1.165, 1.54) is 5.56 Å². The fourth-order valence-corrected chi connectivity index (χ4v) is 3.99. The molecule has 3 rings (SSSR count). The monoisotopic (exact) mass is 458 g/mol. The van der Waals surface area contributed by atoms with Crippen molar-refractivity contribution in [3.05, 3.63) is 54.1 Å². The maximum atomic E-state index is 9.62. The predicted molar refractivity (Wildman–Crippen MR) is 131 cm³/mol. The van der Waals surface area contributed by atoms with Gasteiger partial charge in [0.25, 0.3) is 0 Å². The minimum Gasteiger partial charge on any atom is -0.497 e. The van der Waals surface area contributed by atoms with Crippen LogP contribution in [-0.4, -0.2) is 80.1 Å². The number of benzene rings is 2. The van der Waals surface area contributed by atoms with E-state index in [1.807, 2.05) is 41.3 Å². The predicted octanol–water partition coefficient (Wildman–Crippen LogP) is 1.81. The van der Waals surface area contributed by atoms with Crippen molar-refractivity contribution >= 4 is 5.69 Å². The van der Waals surface area contributed by atoms with Crippen molar-refractivity contribution in [2.75, 3.05) is 51.8 Å². The van der Waals surface area contributed by atoms with Crippen molar-refractivity contribution in [2.24, 2.45) is 0 Å². The Balaban J connectivity index is 1.40. The van der Waals surface area contributed by atoms with Gasteiger partial charge in [0.05, 0.1) is 19.3 Å². The van der Waals surface area contributed by atoms with Gasteiger partial charge in [0.1, 0.15) is 24.4 Å². The van der Waals surface area contributed by atoms with Gasteiger partial charge in [0.15, 0.2) is 0 Å². The second-order valence-corrected chi connectivity index (χ2v) is 8.69. The first-order chi connectivity index (χ1) is 15.9. The summed E-state index contributed by atoms with van der Waals surface area (Å²) in [6.45, 7) is 7.41. The van der Waals surface area contributed by atoms with Crippen LogP contribution < -0.4 is 25.4 Å². The van der Waals surface area contributed by atoms with Crippen LogP contribution in [0, 0.1) is 0 Å². The standard InChI is InChI=1S/C25H38N4O4/c1-18(30)16-29(17-19(2)31)12-13-33-24-10-6-22(7-11-24)28-25-26-14-21(15-27-25)20-4-8-23(32-3)9-5-20/h4-11,18-19,21,25-28,30-31H,12-17H2,1-3H3. The molecule has 0 radical (unpaired) electrons. The zero-order valence-corrected chi connectivity index (χ0v) is 19.8. The number of ether oxygens (including phenoxy) is 2. The van der Waals surface area contributed by atoms with Crippen molar-refractivity contribution in [1.82, 2.24) is 15.5 Å². The lowest BCUT2D eigenvalue weighted by Crippen LogP contribution is -2.55. The number of hydrogen-bond donors (Lipinski definition) is 5. The number of rotatable bonds is 12. The highest BCUT2D eigenvalue weighted by atomic mass is 16.5. The zero-order valence-electron chi connectivity index (χ0n) is 19.8. The molecule has 2 unspecified atom stereocenters. The second-order valence-electron chi connectivity index (χ2n) is 8.69. The summed E-state index contributed by atoms with van der Waals surface area (Å²) < 4.78 is 11.1. The Morgan fingerprint density at radius 1 is 0.939 bits per heavy atom. The van der Waals surface area contributed by atoms with E-state index in [9.17, 15) is 10.2 Å². The maximum absolute atomic E-state index is 9.62. The van der Waals surface area contributed by atoms with Gasteiger partial charge in [-0.25, -0.2) is 0 Å². The van der Waals surface area contributed by atoms with Crippen molar-refractivity contribution in [2.45, 2.75) is 38.3 Å². The topological polar surface area (TPSA) is 98.2 Å². The van der Waals surface area contributed by atoms with Crippen molar-refractivity contribution in [1.29, 1.82) is 0 Å². The van der Waals surface area contributed by atoms with Crippen LogP contribution in [0.15, 0.2) is 48.5 Å². The normalized spacial score (nSPS) is 20.3. The van der Waals surface area contributed by atoms with Crippen LogP contribution in [-0.2, 0) is 0 Å². The third-order valence-electron chi connectivity index (χ3n) is 5.61. The molecule has 0 saturated carbocycles. The number of hydrogen-bond acceptors (Lipinski definition) is 8. The summed E-state index contributed by atoms with van der Waals surface area (Å²) in [4.78, 5) is 2.00. The molecule has 1 heterocycles. The van der Waals surface area contributed by atoms with Gasteiger partial charge in [0, 0.05) is 44.3 Å². The van der Waals surface area contributed by atoms with E-state index in [-0.39, 0.29) is 6.29 Å². The molecule has 2 aromatic carbocycles. The Morgan fingerprint density at radius 2 is 1.52 bits per heavy atom. The SMILES string of the molecule is COc1ccc(C2CNC(Nc3ccc(OCCN(CC(C)O)CC(C)O)cc3)NC2)cc1. The van der Waals surface area contributed by atoms with Crippen molar-refractivity contribution in [3.63, 3.8) is 0 Å². The molecule has 5 N–H and O–H groups in total. The molecule has 1 aliphatic heterocycles. The maximum Gasteiger partial charge on any atom is 0.132 e. The molecule has 2 atom stereocenters. The number of nitrogens with zero attached hydrogens (tertiary/aromatic N) is 1. The summed E-state index contributed by atoms with van der Waals surface area (Å²) in [7, 11) is 1.68. The second kappa shape index (κ2) is 12.8. The van der Waals surface area contributed by atoms with E-state index >= 15 is 0 Å². The van der Waals surface area contributed by atoms with Crippen LogP contribution in [0.1, 0.15) is 25.3 Å². The molecule has 8 nitrogen and oxygen atoms in total. The number of methoxy groups -OCH3 is 1. The Bertz CT molecular complexity index is 796. The molecule has 0 aromatic heterocycles. The first-order valence-corrected chi connectivity index (χ1v) is 11.6. The molecule has 182 valence electrons. The smallest absolute Gasteiger partial charge is 0.132 e. The van der Waals surface area contributed by atoms with Crippen molar-refractivity contribution in [3.8, 4) is 11.5 Å². The Labute approximate surface area is 196 Å². The van der Waals surface area contributed by atoms with Crippen LogP contribution in [0.25, 0.3) is 0 Å². The minimum atomic E-state index is -0.442. The highest BCUT2D eigenvalue weighted by Crippen LogP contribution is 2.21. The van der Waals surface area contributed by atoms with E-state index in [0.717, 1.165) is 30.3 Å². The molecule has 0 bridgehead atoms. The first kappa shape index (κ1) is 25.3. The molecule has 33 heavy (non-hydrogen) atoms. The van der Waals surface area contributed by atoms with E-state index in [2.05, 4.69) is 28.1 Å². The van der Waals surface area contributed by atoms with Gasteiger partial charge in [-0.3, -0.25) is 15.5 Å². The van der Waals surface area contributed by atoms with Gasteiger partial charge in [-0.1, -0.05) is 12.1 Å². The average Bonchev–Trinajstić information content (AvgIpc) is 2.80. The summed E-state index contributed by atoms with van der Waals surface area (Å²) >= 11 is 0. The highest BCUT2D eigenvalue weighted by Gasteiger charge is 2.21. The summed E-state index contributed by atoms with van der Waals surface area (Å²) in [6.07, 6.45) is -0.883. The third-order valence-corrected chi connectivity index (χ3v) is 5.61. The Kier molecular flexibility index (Phi) is 9.77. The van der Waals surface area contributed by atoms with Crippen LogP contribution >= 0.6 is 0 Å². The van der Waals surface area contributed by atoms with E-state index in [0.29, 0.717) is 32.2 Å². The van der Waals surface area contributed by atoms with Gasteiger partial charge >= 0.3 is 0 Å². The fraction of sp³-hybridized carbons (Fsp3) is 0.520. The number of aliphatic hydroxyl groups excluding tert-OH is 2. The molecule has 0 aliphatic carbocycles. The highest BCUT2D eigenvalue weighted by molar-refractivity contribution is 5.47. The Hall–Kier alpha value is -2.36. The van der Waals surface area contributed by atoms with Gasteiger partial charge in [-0.2, -0.15) is 0 Å². The summed E-state index contributed by atoms with van der Waals surface area (Å²) in [5.41, 5.74) is 2.29. The van der Waals surface area contributed by atoms with Crippen molar-refractivity contribution < 1.29 is 19.7 Å². The van der Waals surface area contributed by atoms with Crippen LogP contribution in [0.3, 0.4) is 0 Å². The number of nitrogens with one attached hydrogen (secondary N) is 3. The molecule has 1 aliphatic rings. The number of aliphatic hydroxyl groups is 2. The molecular weight excluding hydrogens is 420 g/mol. The lowest BCUT2D eigenvalue weighted by molar-refractivity contribution is 0.0749. The van der Waals surface area contributed by atoms with Gasteiger partial charge in [0.2, 0.25) is 0 Å². The molecule has 1 fully saturated rings. The largest absolute Gasteiger partial charge is 0.497 e. The van der Waals surface area contributed by atoms with E-state index in [4.69, 9.17) is 9.47 Å². The molecule has 1 saturated heterocycles. The molecule has 0 spiro atoms. The van der Waals surface area contributed by atoms with E-state index in [1.54, 1.807) is 21.0 Å². The lowest BCUT2D eigenvalue weighted by atomic mass is 9.97. The fourth-order valence-electron chi connectivity index (χ4n) is 3.99. The third kappa shape index (κ3) is 8.49. The zero-order chi connectivity index (χ0) is 23.6. The van der Waals surface area contributed by atoms with Crippen LogP contribution in [0.4, 0.5) is 5.69 Å². The minimum absolute atomic E-state index is 0.000711. The van der Waals surface area contributed by atoms with Crippen LogP contribution in [0.5, 0.6) is 11.5 Å². The molecule has 0 amide bonds. The molecular formula is C25H38N4O4. The Morgan fingerprint density at radius 3 is 2.06 bits per heavy atom. The lowest BCUT2D eigenvalue weighted by Gasteiger charge is -2.32. The van der Waals surface area contributed by atoms with E-state index < -0.39 is 12.2 Å². The molecule has 2 aromatic rings. The summed E-state index contributed by atoms with van der Waals surface area (Å²) in [6, 6.07) is 16.1. The summed E-state index contributed by atoms with van der Waals surface area (Å²) in [5, 5.41) is 29.7. The van der Waals surface area contributed by atoms with Gasteiger partial charge < -0.3 is 25.0 Å². The van der Waals surface area contributed by atoms with Gasteiger partial charge in [-0.05, 0) is 55.8 Å². The number of anilines is 1. The average molecular weight is 459 g/mol. The van der Waals surface area contributed by atoms with Gasteiger partial charge in [-0.15, -0.1) is 0 Å². The quantitative estimate of drug-likeness (QED) is 0.329. The summed E-state index contributed by atoms with van der Waals surface area (Å²) in [5.74, 6) is 2.07.